The first-order chi connectivity index (χ1) is 66.0. The van der Waals surface area contributed by atoms with Gasteiger partial charge >= 0.3 is 0 Å². The van der Waals surface area contributed by atoms with E-state index >= 15 is 0 Å². The summed E-state index contributed by atoms with van der Waals surface area (Å²) in [5.41, 5.74) is 9.87. The maximum Gasteiger partial charge on any atom is 0.220 e. The van der Waals surface area contributed by atoms with E-state index in [9.17, 15) is 43.9 Å². The molecule has 0 unspecified atom stereocenters. The number of nitrogens with zero attached hydrogens (tertiary/aromatic N) is 12. The van der Waals surface area contributed by atoms with Crippen molar-refractivity contribution < 1.29 is 91.3 Å². The highest BCUT2D eigenvalue weighted by Crippen LogP contribution is 2.35. The van der Waals surface area contributed by atoms with Crippen molar-refractivity contribution in [3.05, 3.63) is 359 Å². The Morgan fingerprint density at radius 1 is 0.261 bits per heavy atom. The number of aryl methyl sites for hydroxylation is 4. The van der Waals surface area contributed by atoms with Gasteiger partial charge in [0.1, 0.15) is 91.4 Å². The van der Waals surface area contributed by atoms with Gasteiger partial charge in [-0.05, 0) is 219 Å². The maximum atomic E-state index is 14.0. The summed E-state index contributed by atoms with van der Waals surface area (Å²) in [4.78, 5) is 33.8. The van der Waals surface area contributed by atoms with E-state index < -0.39 is 85.5 Å². The third-order valence-corrected chi connectivity index (χ3v) is 30.9. The molecule has 736 valence electrons. The number of rotatable bonds is 46. The van der Waals surface area contributed by atoms with E-state index in [0.29, 0.717) is 57.6 Å². The fourth-order valence-electron chi connectivity index (χ4n) is 13.8. The van der Waals surface area contributed by atoms with Crippen LogP contribution in [-0.4, -0.2) is 192 Å². The van der Waals surface area contributed by atoms with Crippen LogP contribution in [0.25, 0.3) is 0 Å². The molecule has 0 aliphatic rings. The zero-order valence-corrected chi connectivity index (χ0v) is 83.9. The zero-order chi connectivity index (χ0) is 100. The molecule has 4 aromatic heterocycles. The van der Waals surface area contributed by atoms with Crippen molar-refractivity contribution in [2.75, 3.05) is 70.1 Å². The summed E-state index contributed by atoms with van der Waals surface area (Å²) >= 11 is 0. The number of methoxy groups -OCH3 is 8. The first kappa shape index (κ1) is 109. The van der Waals surface area contributed by atoms with E-state index in [4.69, 9.17) is 47.4 Å². The number of ether oxygens (including phenoxy) is 10. The maximum absolute atomic E-state index is 14.0. The molecule has 0 spiro atoms. The van der Waals surface area contributed by atoms with Crippen LogP contribution in [0.2, 0.25) is 0 Å². The highest BCUT2D eigenvalue weighted by Gasteiger charge is 2.42. The number of sulfonamides is 4. The molecule has 4 heterocycles. The molecule has 0 radical (unpaired) electrons. The predicted molar refractivity (Wildman–Crippen MR) is 529 cm³/mol. The number of benzene rings is 8. The zero-order valence-electron chi connectivity index (χ0n) is 80.6. The predicted octanol–water partition coefficient (Wildman–Crippen LogP) is 15.4. The second kappa shape index (κ2) is 52.8. The van der Waals surface area contributed by atoms with Crippen LogP contribution in [0.4, 0.5) is 0 Å². The van der Waals surface area contributed by atoms with Gasteiger partial charge in [-0.1, -0.05) is 109 Å². The number of aromatic nitrogens is 8. The lowest BCUT2D eigenvalue weighted by Gasteiger charge is -2.30. The van der Waals surface area contributed by atoms with Crippen LogP contribution in [-0.2, 0) is 102 Å². The monoisotopic (exact) mass is 1960 g/mol. The summed E-state index contributed by atoms with van der Waals surface area (Å²) in [5, 5.41) is 17.3. The van der Waals surface area contributed by atoms with Crippen LogP contribution in [0.5, 0.6) is 46.0 Å². The molecule has 0 amide bonds. The SMILES string of the molecule is C=CCO[C@@H](c1ncc(C)cn1)[C@@H](C)S(=O)(=O)N(Cc1ccc(OC)cc1)Cc1ccc(OC)cc1.C=CCO[C@H](c1ncc(C)cn1)[C@H](C)S(=O)(=O)N(Cc1ccc(OC)cc1)Cc1ccc(OC)cc1.COc1ccc(CN(Cc2ccc(OC)cc2)S(=O)(=O)[C@@H](C)[C@H](O)c2ncc(C)cn2)cc1.COc1ccc(CN(Cc2ccc(OC)cc2)S(=O)(=O)[C@H](C)[C@@H](O)c2ncc(C)cn2)cc1. The van der Waals surface area contributed by atoms with Crippen LogP contribution in [0.3, 0.4) is 0 Å². The summed E-state index contributed by atoms with van der Waals surface area (Å²) in [6.07, 6.45) is 11.5. The van der Waals surface area contributed by atoms with E-state index in [2.05, 4.69) is 53.0 Å². The Kier molecular flexibility index (Phi) is 41.8. The van der Waals surface area contributed by atoms with E-state index in [1.165, 1.54) is 31.1 Å². The minimum absolute atomic E-state index is 0.0746. The lowest BCUT2D eigenvalue weighted by Crippen LogP contribution is -2.40. The van der Waals surface area contributed by atoms with Gasteiger partial charge < -0.3 is 57.6 Å². The Morgan fingerprint density at radius 3 is 0.551 bits per heavy atom. The smallest absolute Gasteiger partial charge is 0.220 e. The van der Waals surface area contributed by atoms with Crippen LogP contribution < -0.4 is 37.9 Å². The topological polar surface area (TPSA) is 385 Å². The van der Waals surface area contributed by atoms with Crippen molar-refractivity contribution >= 4 is 40.1 Å². The lowest BCUT2D eigenvalue weighted by molar-refractivity contribution is 0.0653. The van der Waals surface area contributed by atoms with Crippen LogP contribution in [0, 0.1) is 27.7 Å². The molecule has 36 heteroatoms. The number of aliphatic hydroxyl groups is 2. The largest absolute Gasteiger partial charge is 0.497 e. The van der Waals surface area contributed by atoms with Gasteiger partial charge in [-0.25, -0.2) is 73.5 Å². The molecule has 0 aliphatic carbocycles. The van der Waals surface area contributed by atoms with E-state index in [0.717, 1.165) is 66.8 Å². The van der Waals surface area contributed by atoms with Gasteiger partial charge in [0.25, 0.3) is 0 Å². The summed E-state index contributed by atoms with van der Waals surface area (Å²) in [6, 6.07) is 58.2. The molecule has 0 fully saturated rings. The van der Waals surface area contributed by atoms with Crippen molar-refractivity contribution in [2.45, 2.75) is 153 Å². The second-order valence-electron chi connectivity index (χ2n) is 32.3. The van der Waals surface area contributed by atoms with E-state index in [1.807, 2.05) is 173 Å². The number of hydrogen-bond acceptors (Lipinski definition) is 28. The summed E-state index contributed by atoms with van der Waals surface area (Å²) in [5.74, 6) is 6.31. The Hall–Kier alpha value is -12.6. The summed E-state index contributed by atoms with van der Waals surface area (Å²) < 4.78 is 170. The molecule has 8 atom stereocenters. The molecule has 8 aromatic carbocycles. The van der Waals surface area contributed by atoms with Gasteiger partial charge in [0.2, 0.25) is 40.1 Å². The second-order valence-corrected chi connectivity index (χ2v) is 41.5. The van der Waals surface area contributed by atoms with Gasteiger partial charge in [0.05, 0.1) is 70.1 Å². The highest BCUT2D eigenvalue weighted by molar-refractivity contribution is 7.90. The van der Waals surface area contributed by atoms with Crippen molar-refractivity contribution in [2.24, 2.45) is 0 Å². The highest BCUT2D eigenvalue weighted by atomic mass is 32.2. The molecule has 138 heavy (non-hydrogen) atoms. The molecule has 2 N–H and O–H groups in total. The molecule has 0 bridgehead atoms. The molecular formula is C102H124N12O20S4. The van der Waals surface area contributed by atoms with Crippen LogP contribution in [0.15, 0.2) is 269 Å². The Labute approximate surface area is 811 Å². The number of aliphatic hydroxyl groups excluding tert-OH is 2. The Morgan fingerprint density at radius 2 is 0.406 bits per heavy atom. The first-order valence-corrected chi connectivity index (χ1v) is 50.0. The molecule has 0 saturated heterocycles. The fourth-order valence-corrected chi connectivity index (χ4v) is 20.2. The van der Waals surface area contributed by atoms with E-state index in [-0.39, 0.29) is 77.2 Å². The molecule has 32 nitrogen and oxygen atoms in total. The van der Waals surface area contributed by atoms with Crippen molar-refractivity contribution in [3.8, 4) is 46.0 Å². The summed E-state index contributed by atoms with van der Waals surface area (Å²) in [6.45, 7) is 22.5. The third kappa shape index (κ3) is 31.2. The van der Waals surface area contributed by atoms with Gasteiger partial charge in [0.15, 0.2) is 23.3 Å². The Balaban J connectivity index is 0.000000206. The number of hydrogen-bond donors (Lipinski definition) is 2. The van der Waals surface area contributed by atoms with Gasteiger partial charge in [-0.15, -0.1) is 13.2 Å². The lowest BCUT2D eigenvalue weighted by atomic mass is 10.2. The molecular weight excluding hydrogens is 1840 g/mol. The van der Waals surface area contributed by atoms with Crippen molar-refractivity contribution in [3.63, 3.8) is 0 Å². The van der Waals surface area contributed by atoms with Gasteiger partial charge in [0, 0.05) is 102 Å². The minimum atomic E-state index is -3.95. The molecule has 0 saturated carbocycles. The van der Waals surface area contributed by atoms with Gasteiger partial charge in [-0.3, -0.25) is 0 Å². The normalized spacial score (nSPS) is 13.4. The quantitative estimate of drug-likeness (QED) is 0.0335. The van der Waals surface area contributed by atoms with Crippen LogP contribution in [0.1, 0.15) is 142 Å². The molecule has 0 aliphatic heterocycles. The Bertz CT molecular complexity index is 5650. The van der Waals surface area contributed by atoms with E-state index in [1.54, 1.807) is 181 Å². The van der Waals surface area contributed by atoms with Crippen LogP contribution >= 0.6 is 0 Å². The average molecular weight is 1970 g/mol. The first-order valence-electron chi connectivity index (χ1n) is 44.0. The standard InChI is InChI=1S/2C27H33N3O5S.2C24H29N3O5S/c2*1-6-15-35-26(27-28-16-20(2)17-29-27)21(3)36(31,32)30(18-22-7-11-24(33-4)12-8-22)19-23-9-13-25(34-5)14-10-23;2*1-17-13-25-24(26-14-17)23(28)18(2)33(29,30)27(15-19-5-9-21(31-3)10-6-19)16-20-7-11-22(32-4)12-8-20/h2*6-14,16-17,21,26H,1,15,18-19H2,2-5H3;2*5-14,18,23,28H,15-16H2,1-4H3/t2*21-,26-;2*18-,23-/m1010/s1. The average Bonchev–Trinajstić information content (AvgIpc) is 0.803. The van der Waals surface area contributed by atoms with Gasteiger partial charge in [-0.2, -0.15) is 17.2 Å². The molecule has 12 rings (SSSR count). The minimum Gasteiger partial charge on any atom is -0.497 e. The third-order valence-electron chi connectivity index (χ3n) is 22.2. The van der Waals surface area contributed by atoms with Crippen molar-refractivity contribution in [1.82, 2.24) is 57.1 Å². The fraction of sp³-hybridized carbons (Fsp3) is 0.333. The van der Waals surface area contributed by atoms with Crippen molar-refractivity contribution in [1.29, 1.82) is 0 Å². The summed E-state index contributed by atoms with van der Waals surface area (Å²) in [7, 11) is -3.00. The molecule has 12 aromatic rings.